The van der Waals surface area contributed by atoms with Gasteiger partial charge in [0.1, 0.15) is 0 Å². The molecule has 2 N–H and O–H groups in total. The zero-order chi connectivity index (χ0) is 15.3. The molecule has 116 valence electrons. The van der Waals surface area contributed by atoms with Crippen LogP contribution in [0.1, 0.15) is 23.9 Å². The zero-order valence-electron chi connectivity index (χ0n) is 11.7. The Kier molecular flexibility index (Phi) is 5.16. The molecule has 8 heteroatoms. The molecule has 0 amide bonds. The van der Waals surface area contributed by atoms with E-state index in [4.69, 9.17) is 9.15 Å². The van der Waals surface area contributed by atoms with Gasteiger partial charge in [-0.3, -0.25) is 0 Å². The number of carbonyl (C=O) groups is 1. The summed E-state index contributed by atoms with van der Waals surface area (Å²) in [7, 11) is -3.77. The Morgan fingerprint density at radius 2 is 2.29 bits per heavy atom. The summed E-state index contributed by atoms with van der Waals surface area (Å²) < 4.78 is 36.4. The van der Waals surface area contributed by atoms with Crippen LogP contribution in [0.5, 0.6) is 0 Å². The molecular weight excluding hydrogens is 296 g/mol. The monoisotopic (exact) mass is 314 g/mol. The second-order valence-electron chi connectivity index (χ2n) is 4.48. The number of furan rings is 1. The minimum atomic E-state index is -3.77. The van der Waals surface area contributed by atoms with Crippen molar-refractivity contribution >= 4 is 16.0 Å². The predicted octanol–water partition coefficient (Wildman–Crippen LogP) is 0.654. The van der Waals surface area contributed by atoms with Crippen LogP contribution in [0.2, 0.25) is 0 Å². The lowest BCUT2D eigenvalue weighted by molar-refractivity contribution is 0.0484. The molecule has 0 fully saturated rings. The van der Waals surface area contributed by atoms with Gasteiger partial charge in [0, 0.05) is 13.1 Å². The zero-order valence-corrected chi connectivity index (χ0v) is 12.5. The van der Waals surface area contributed by atoms with Gasteiger partial charge in [-0.1, -0.05) is 11.6 Å². The topological polar surface area (TPSA) is 97.6 Å². The summed E-state index contributed by atoms with van der Waals surface area (Å²) in [5.41, 5.74) is 1.02. The molecule has 0 unspecified atom stereocenters. The number of ether oxygens (including phenoxy) is 1. The van der Waals surface area contributed by atoms with Crippen molar-refractivity contribution < 1.29 is 22.4 Å². The minimum absolute atomic E-state index is 0.127. The van der Waals surface area contributed by atoms with E-state index in [0.29, 0.717) is 0 Å². The Morgan fingerprint density at radius 1 is 1.48 bits per heavy atom. The number of carbonyl (C=O) groups excluding carboxylic acids is 1. The van der Waals surface area contributed by atoms with Gasteiger partial charge in [-0.15, -0.1) is 0 Å². The van der Waals surface area contributed by atoms with Crippen LogP contribution in [0.4, 0.5) is 0 Å². The quantitative estimate of drug-likeness (QED) is 0.591. The fraction of sp³-hybridized carbons (Fsp3) is 0.462. The Bertz CT molecular complexity index is 633. The van der Waals surface area contributed by atoms with Crippen molar-refractivity contribution in [1.82, 2.24) is 10.0 Å². The van der Waals surface area contributed by atoms with Crippen LogP contribution in [0, 0.1) is 0 Å². The van der Waals surface area contributed by atoms with Crippen LogP contribution in [-0.4, -0.2) is 40.6 Å². The lowest BCUT2D eigenvalue weighted by Gasteiger charge is -2.14. The summed E-state index contributed by atoms with van der Waals surface area (Å²) in [4.78, 5) is 11.4. The third kappa shape index (κ3) is 4.16. The number of hydrogen-bond donors (Lipinski definition) is 2. The van der Waals surface area contributed by atoms with Crippen LogP contribution < -0.4 is 10.0 Å². The summed E-state index contributed by atoms with van der Waals surface area (Å²) in [5, 5.41) is 2.86. The number of rotatable bonds is 6. The molecule has 1 aliphatic heterocycles. The van der Waals surface area contributed by atoms with Crippen molar-refractivity contribution in [2.75, 3.05) is 26.2 Å². The molecule has 7 nitrogen and oxygen atoms in total. The van der Waals surface area contributed by atoms with Gasteiger partial charge in [0.05, 0.1) is 6.61 Å². The van der Waals surface area contributed by atoms with E-state index >= 15 is 0 Å². The van der Waals surface area contributed by atoms with Gasteiger partial charge >= 0.3 is 5.97 Å². The first-order valence-electron chi connectivity index (χ1n) is 6.68. The summed E-state index contributed by atoms with van der Waals surface area (Å²) in [6, 6.07) is 2.53. The molecule has 0 spiro atoms. The molecule has 0 atom stereocenters. The molecule has 1 aliphatic rings. The lowest BCUT2D eigenvalue weighted by Crippen LogP contribution is -2.29. The smallest absolute Gasteiger partial charge is 0.374 e. The van der Waals surface area contributed by atoms with Crippen LogP contribution in [0.3, 0.4) is 0 Å². The van der Waals surface area contributed by atoms with E-state index in [9.17, 15) is 13.2 Å². The average molecular weight is 314 g/mol. The molecule has 21 heavy (non-hydrogen) atoms. The fourth-order valence-electron chi connectivity index (χ4n) is 1.87. The molecule has 0 aromatic carbocycles. The number of sulfonamides is 1. The van der Waals surface area contributed by atoms with E-state index in [0.717, 1.165) is 25.1 Å². The van der Waals surface area contributed by atoms with Crippen molar-refractivity contribution in [2.24, 2.45) is 0 Å². The number of esters is 1. The van der Waals surface area contributed by atoms with E-state index in [1.54, 1.807) is 6.92 Å². The summed E-state index contributed by atoms with van der Waals surface area (Å²) in [6.45, 7) is 3.67. The fourth-order valence-corrected chi connectivity index (χ4v) is 2.83. The van der Waals surface area contributed by atoms with Gasteiger partial charge in [-0.05, 0) is 32.0 Å². The molecule has 0 saturated carbocycles. The highest BCUT2D eigenvalue weighted by molar-refractivity contribution is 7.89. The lowest BCUT2D eigenvalue weighted by atomic mass is 10.1. The maximum absolute atomic E-state index is 12.1. The van der Waals surface area contributed by atoms with Gasteiger partial charge in [0.25, 0.3) is 10.0 Å². The molecule has 1 aromatic rings. The first kappa shape index (κ1) is 15.7. The molecular formula is C13H18N2O5S. The van der Waals surface area contributed by atoms with Gasteiger partial charge in [0.15, 0.2) is 0 Å². The third-order valence-electron chi connectivity index (χ3n) is 2.97. The summed E-state index contributed by atoms with van der Waals surface area (Å²) in [6.07, 6.45) is 2.76. The van der Waals surface area contributed by atoms with E-state index < -0.39 is 16.0 Å². The molecule has 0 bridgehead atoms. The third-order valence-corrected chi connectivity index (χ3v) is 4.24. The highest BCUT2D eigenvalue weighted by Crippen LogP contribution is 2.15. The van der Waals surface area contributed by atoms with Crippen LogP contribution in [0.25, 0.3) is 0 Å². The second-order valence-corrected chi connectivity index (χ2v) is 6.18. The van der Waals surface area contributed by atoms with Crippen molar-refractivity contribution in [2.45, 2.75) is 18.4 Å². The normalized spacial score (nSPS) is 15.6. The largest absolute Gasteiger partial charge is 0.460 e. The molecule has 1 aromatic heterocycles. The summed E-state index contributed by atoms with van der Waals surface area (Å²) in [5.74, 6) is -0.807. The number of hydrogen-bond acceptors (Lipinski definition) is 6. The number of nitrogens with one attached hydrogen (secondary N) is 2. The summed E-state index contributed by atoms with van der Waals surface area (Å²) >= 11 is 0. The maximum Gasteiger partial charge on any atom is 0.374 e. The Hall–Kier alpha value is -1.64. The molecule has 2 heterocycles. The van der Waals surface area contributed by atoms with Crippen LogP contribution >= 0.6 is 0 Å². The van der Waals surface area contributed by atoms with Gasteiger partial charge in [-0.2, -0.15) is 0 Å². The first-order chi connectivity index (χ1) is 10.0. The van der Waals surface area contributed by atoms with Crippen LogP contribution in [0.15, 0.2) is 33.3 Å². The first-order valence-corrected chi connectivity index (χ1v) is 8.16. The molecule has 2 rings (SSSR count). The SMILES string of the molecule is CCOC(=O)c1ccc(S(=O)(=O)NCC2=CCNCC2)o1. The van der Waals surface area contributed by atoms with E-state index in [1.165, 1.54) is 12.1 Å². The molecule has 0 radical (unpaired) electrons. The van der Waals surface area contributed by atoms with Gasteiger partial charge < -0.3 is 14.5 Å². The van der Waals surface area contributed by atoms with E-state index in [2.05, 4.69) is 10.0 Å². The van der Waals surface area contributed by atoms with Crippen LogP contribution in [-0.2, 0) is 14.8 Å². The van der Waals surface area contributed by atoms with E-state index in [-0.39, 0.29) is 24.0 Å². The molecule has 0 aliphatic carbocycles. The van der Waals surface area contributed by atoms with Crippen molar-refractivity contribution in [3.63, 3.8) is 0 Å². The molecule has 0 saturated heterocycles. The predicted molar refractivity (Wildman–Crippen MR) is 75.4 cm³/mol. The van der Waals surface area contributed by atoms with Gasteiger partial charge in [0.2, 0.25) is 10.9 Å². The Balaban J connectivity index is 2.02. The average Bonchev–Trinajstić information content (AvgIpc) is 2.97. The Morgan fingerprint density at radius 3 is 2.95 bits per heavy atom. The van der Waals surface area contributed by atoms with Crippen molar-refractivity contribution in [3.05, 3.63) is 29.5 Å². The van der Waals surface area contributed by atoms with Gasteiger partial charge in [-0.25, -0.2) is 17.9 Å². The second kappa shape index (κ2) is 6.88. The highest BCUT2D eigenvalue weighted by atomic mass is 32.2. The Labute approximate surface area is 123 Å². The highest BCUT2D eigenvalue weighted by Gasteiger charge is 2.22. The standard InChI is InChI=1S/C13H18N2O5S/c1-2-19-13(16)11-3-4-12(20-11)21(17,18)15-9-10-5-7-14-8-6-10/h3-5,14-15H,2,6-9H2,1H3. The van der Waals surface area contributed by atoms with Crippen molar-refractivity contribution in [3.8, 4) is 0 Å². The maximum atomic E-state index is 12.1. The minimum Gasteiger partial charge on any atom is -0.460 e. The van der Waals surface area contributed by atoms with Crippen molar-refractivity contribution in [1.29, 1.82) is 0 Å². The van der Waals surface area contributed by atoms with E-state index in [1.807, 2.05) is 6.08 Å².